The molecule has 2 heterocycles. The van der Waals surface area contributed by atoms with Crippen LogP contribution in [-0.2, 0) is 0 Å². The summed E-state index contributed by atoms with van der Waals surface area (Å²) in [6, 6.07) is 3.66. The van der Waals surface area contributed by atoms with Gasteiger partial charge in [-0.3, -0.25) is 0 Å². The molecule has 0 bridgehead atoms. The van der Waals surface area contributed by atoms with Gasteiger partial charge in [-0.1, -0.05) is 22.9 Å². The van der Waals surface area contributed by atoms with E-state index in [9.17, 15) is 0 Å². The molecule has 58 valence electrons. The summed E-state index contributed by atoms with van der Waals surface area (Å²) in [7, 11) is 0. The van der Waals surface area contributed by atoms with E-state index < -0.39 is 0 Å². The van der Waals surface area contributed by atoms with Crippen LogP contribution in [0.1, 0.15) is 5.01 Å². The molecule has 0 saturated carbocycles. The molecular weight excluding hydrogens is 194 g/mol. The smallest absolute Gasteiger partial charge is 0.196 e. The maximum absolute atomic E-state index is 8.55. The first-order chi connectivity index (χ1) is 5.79. The van der Waals surface area contributed by atoms with Gasteiger partial charge in [0.15, 0.2) is 5.01 Å². The highest BCUT2D eigenvalue weighted by Crippen LogP contribution is 2.21. The first-order valence-electron chi connectivity index (χ1n) is 3.12. The molecule has 5 heteroatoms. The lowest BCUT2D eigenvalue weighted by Gasteiger charge is -1.85. The summed E-state index contributed by atoms with van der Waals surface area (Å²) < 4.78 is 0. The van der Waals surface area contributed by atoms with E-state index >= 15 is 0 Å². The molecule has 0 radical (unpaired) electrons. The fraction of sp³-hybridized carbons (Fsp3) is 0. The second-order valence-electron chi connectivity index (χ2n) is 2.11. The number of nitriles is 1. The van der Waals surface area contributed by atoms with Crippen molar-refractivity contribution in [3.63, 3.8) is 0 Å². The van der Waals surface area contributed by atoms with E-state index in [2.05, 4.69) is 9.97 Å². The van der Waals surface area contributed by atoms with E-state index in [1.54, 1.807) is 12.3 Å². The predicted octanol–water partition coefficient (Wildman–Crippen LogP) is 2.22. The quantitative estimate of drug-likeness (QED) is 0.648. The third kappa shape index (κ3) is 1.13. The summed E-state index contributed by atoms with van der Waals surface area (Å²) in [5, 5.41) is 9.50. The summed E-state index contributed by atoms with van der Waals surface area (Å²) >= 11 is 6.95. The molecular formula is C7H2ClN3S. The van der Waals surface area contributed by atoms with Gasteiger partial charge in [0.05, 0.1) is 5.02 Å². The first-order valence-corrected chi connectivity index (χ1v) is 4.31. The highest BCUT2D eigenvalue weighted by Gasteiger charge is 2.03. The maximum Gasteiger partial charge on any atom is 0.196 e. The number of halogens is 1. The molecule has 0 saturated heterocycles. The van der Waals surface area contributed by atoms with E-state index in [1.165, 1.54) is 11.3 Å². The molecule has 0 aromatic carbocycles. The van der Waals surface area contributed by atoms with Crippen molar-refractivity contribution in [1.82, 2.24) is 9.97 Å². The molecule has 0 amide bonds. The summed E-state index contributed by atoms with van der Waals surface area (Å²) in [5.74, 6) is 0. The fourth-order valence-corrected chi connectivity index (χ4v) is 1.69. The van der Waals surface area contributed by atoms with Crippen molar-refractivity contribution in [3.05, 3.63) is 22.3 Å². The van der Waals surface area contributed by atoms with Crippen LogP contribution in [-0.4, -0.2) is 9.97 Å². The monoisotopic (exact) mass is 195 g/mol. The molecule has 0 unspecified atom stereocenters. The molecule has 2 rings (SSSR count). The molecule has 0 fully saturated rings. The van der Waals surface area contributed by atoms with Crippen molar-refractivity contribution in [3.8, 4) is 6.07 Å². The van der Waals surface area contributed by atoms with E-state index in [1.807, 2.05) is 6.07 Å². The van der Waals surface area contributed by atoms with Crippen molar-refractivity contribution < 1.29 is 0 Å². The van der Waals surface area contributed by atoms with Crippen molar-refractivity contribution in [2.24, 2.45) is 0 Å². The number of fused-ring (bicyclic) bond motifs is 1. The average Bonchev–Trinajstić information content (AvgIpc) is 2.46. The van der Waals surface area contributed by atoms with Gasteiger partial charge in [-0.15, -0.1) is 0 Å². The SMILES string of the molecule is N#Cc1nc2cc(Cl)cnc2s1. The van der Waals surface area contributed by atoms with E-state index in [-0.39, 0.29) is 0 Å². The minimum absolute atomic E-state index is 0.416. The number of hydrogen-bond acceptors (Lipinski definition) is 4. The third-order valence-corrected chi connectivity index (χ3v) is 2.40. The van der Waals surface area contributed by atoms with Crippen LogP contribution in [0.15, 0.2) is 12.3 Å². The Labute approximate surface area is 77.3 Å². The lowest BCUT2D eigenvalue weighted by atomic mass is 10.4. The van der Waals surface area contributed by atoms with Crippen LogP contribution in [0.4, 0.5) is 0 Å². The van der Waals surface area contributed by atoms with E-state index in [0.717, 1.165) is 4.83 Å². The van der Waals surface area contributed by atoms with Crippen molar-refractivity contribution >= 4 is 33.3 Å². The Morgan fingerprint density at radius 1 is 1.58 bits per heavy atom. The van der Waals surface area contributed by atoms with Crippen molar-refractivity contribution in [2.75, 3.05) is 0 Å². The molecule has 2 aromatic rings. The number of pyridine rings is 1. The molecule has 0 aliphatic carbocycles. The van der Waals surface area contributed by atoms with Gasteiger partial charge in [0.1, 0.15) is 16.4 Å². The second kappa shape index (κ2) is 2.70. The number of hydrogen-bond donors (Lipinski definition) is 0. The summed E-state index contributed by atoms with van der Waals surface area (Å²) in [4.78, 5) is 8.77. The van der Waals surface area contributed by atoms with E-state index in [0.29, 0.717) is 15.5 Å². The Balaban J connectivity index is 2.77. The third-order valence-electron chi connectivity index (χ3n) is 1.31. The molecule has 0 atom stereocenters. The lowest BCUT2D eigenvalue weighted by molar-refractivity contribution is 1.37. The number of aromatic nitrogens is 2. The van der Waals surface area contributed by atoms with Crippen LogP contribution in [0, 0.1) is 11.3 Å². The molecule has 3 nitrogen and oxygen atoms in total. The number of rotatable bonds is 0. The second-order valence-corrected chi connectivity index (χ2v) is 3.52. The molecule has 0 spiro atoms. The molecule has 0 aliphatic heterocycles. The largest absolute Gasteiger partial charge is 0.242 e. The van der Waals surface area contributed by atoms with Gasteiger partial charge in [0.25, 0.3) is 0 Å². The molecule has 0 N–H and O–H groups in total. The highest BCUT2D eigenvalue weighted by atomic mass is 35.5. The van der Waals surface area contributed by atoms with Crippen LogP contribution in [0.5, 0.6) is 0 Å². The van der Waals surface area contributed by atoms with Gasteiger partial charge in [-0.05, 0) is 6.07 Å². The van der Waals surface area contributed by atoms with Crippen molar-refractivity contribution in [1.29, 1.82) is 5.26 Å². The molecule has 2 aromatic heterocycles. The standard InChI is InChI=1S/C7H2ClN3S/c8-4-1-5-7(10-3-4)12-6(2-9)11-5/h1,3H. The summed E-state index contributed by atoms with van der Waals surface area (Å²) in [5.41, 5.74) is 0.684. The molecule has 12 heavy (non-hydrogen) atoms. The Morgan fingerprint density at radius 3 is 3.17 bits per heavy atom. The van der Waals surface area contributed by atoms with Gasteiger partial charge < -0.3 is 0 Å². The fourth-order valence-electron chi connectivity index (χ4n) is 0.846. The van der Waals surface area contributed by atoms with Crippen LogP contribution >= 0.6 is 22.9 Å². The van der Waals surface area contributed by atoms with Gasteiger partial charge in [0.2, 0.25) is 0 Å². The van der Waals surface area contributed by atoms with Crippen LogP contribution < -0.4 is 0 Å². The maximum atomic E-state index is 8.55. The zero-order valence-corrected chi connectivity index (χ0v) is 7.35. The van der Waals surface area contributed by atoms with Crippen molar-refractivity contribution in [2.45, 2.75) is 0 Å². The minimum Gasteiger partial charge on any atom is -0.242 e. The zero-order chi connectivity index (χ0) is 8.55. The Bertz CT molecular complexity index is 471. The summed E-state index contributed by atoms with van der Waals surface area (Å²) in [6.07, 6.45) is 1.54. The number of thiazole rings is 1. The Morgan fingerprint density at radius 2 is 2.42 bits per heavy atom. The topological polar surface area (TPSA) is 49.6 Å². The summed E-state index contributed by atoms with van der Waals surface area (Å²) in [6.45, 7) is 0. The lowest BCUT2D eigenvalue weighted by Crippen LogP contribution is -1.72. The van der Waals surface area contributed by atoms with Gasteiger partial charge in [-0.25, -0.2) is 9.97 Å². The highest BCUT2D eigenvalue weighted by molar-refractivity contribution is 7.18. The predicted molar refractivity (Wildman–Crippen MR) is 47.1 cm³/mol. The van der Waals surface area contributed by atoms with Crippen LogP contribution in [0.3, 0.4) is 0 Å². The first kappa shape index (κ1) is 7.47. The van der Waals surface area contributed by atoms with Crippen LogP contribution in [0.25, 0.3) is 10.3 Å². The van der Waals surface area contributed by atoms with Gasteiger partial charge >= 0.3 is 0 Å². The zero-order valence-electron chi connectivity index (χ0n) is 5.78. The van der Waals surface area contributed by atoms with Gasteiger partial charge in [0, 0.05) is 6.20 Å². The Kier molecular flexibility index (Phi) is 1.68. The molecule has 0 aliphatic rings. The number of nitrogens with zero attached hydrogens (tertiary/aromatic N) is 3. The van der Waals surface area contributed by atoms with E-state index in [4.69, 9.17) is 16.9 Å². The minimum atomic E-state index is 0.416. The Hall–Kier alpha value is -1.18. The normalized spacial score (nSPS) is 10.0. The van der Waals surface area contributed by atoms with Gasteiger partial charge in [-0.2, -0.15) is 5.26 Å². The average molecular weight is 196 g/mol. The van der Waals surface area contributed by atoms with Crippen LogP contribution in [0.2, 0.25) is 5.02 Å².